The van der Waals surface area contributed by atoms with Crippen LogP contribution in [-0.2, 0) is 19.6 Å². The molecule has 130 valence electrons. The van der Waals surface area contributed by atoms with Crippen LogP contribution in [0.3, 0.4) is 0 Å². The van der Waals surface area contributed by atoms with E-state index >= 15 is 0 Å². The summed E-state index contributed by atoms with van der Waals surface area (Å²) in [5.74, 6) is 0.390. The van der Waals surface area contributed by atoms with Gasteiger partial charge in [-0.1, -0.05) is 40.7 Å². The van der Waals surface area contributed by atoms with Crippen molar-refractivity contribution in [2.75, 3.05) is 13.6 Å². The molecule has 1 aromatic carbocycles. The van der Waals surface area contributed by atoms with E-state index in [1.165, 1.54) is 5.56 Å². The van der Waals surface area contributed by atoms with E-state index in [4.69, 9.17) is 4.52 Å². The molecule has 1 N–H and O–H groups in total. The van der Waals surface area contributed by atoms with Gasteiger partial charge in [-0.15, -0.1) is 5.10 Å². The summed E-state index contributed by atoms with van der Waals surface area (Å²) in [4.78, 5) is 14.2. The maximum Gasteiger partial charge on any atom is 0.273 e. The zero-order valence-electron chi connectivity index (χ0n) is 14.0. The van der Waals surface area contributed by atoms with Crippen LogP contribution in [0, 0.1) is 0 Å². The van der Waals surface area contributed by atoms with Crippen molar-refractivity contribution in [2.45, 2.75) is 19.6 Å². The van der Waals surface area contributed by atoms with Gasteiger partial charge in [0.05, 0.1) is 19.3 Å². The molecule has 0 unspecified atom stereocenters. The lowest BCUT2D eigenvalue weighted by atomic mass is 10.2. The van der Waals surface area contributed by atoms with Crippen LogP contribution < -0.4 is 5.32 Å². The van der Waals surface area contributed by atoms with E-state index in [2.05, 4.69) is 37.8 Å². The minimum atomic E-state index is -0.263. The molecule has 0 aliphatic rings. The number of benzene rings is 1. The Morgan fingerprint density at radius 3 is 2.88 bits per heavy atom. The molecule has 25 heavy (non-hydrogen) atoms. The normalized spacial score (nSPS) is 11.0. The average molecular weight is 340 g/mol. The molecule has 0 saturated heterocycles. The fraction of sp³-hybridized carbons (Fsp3) is 0.294. The molecule has 8 heteroatoms. The van der Waals surface area contributed by atoms with E-state index in [0.717, 1.165) is 6.54 Å². The van der Waals surface area contributed by atoms with Gasteiger partial charge in [0.15, 0.2) is 11.5 Å². The van der Waals surface area contributed by atoms with Crippen LogP contribution in [0.5, 0.6) is 0 Å². The maximum atomic E-state index is 12.1. The summed E-state index contributed by atoms with van der Waals surface area (Å²) in [6, 6.07) is 11.8. The summed E-state index contributed by atoms with van der Waals surface area (Å²) in [5, 5.41) is 14.2. The van der Waals surface area contributed by atoms with E-state index < -0.39 is 0 Å². The smallest absolute Gasteiger partial charge is 0.273 e. The van der Waals surface area contributed by atoms with E-state index in [0.29, 0.717) is 25.4 Å². The summed E-state index contributed by atoms with van der Waals surface area (Å²) in [6.07, 6.45) is 3.33. The maximum absolute atomic E-state index is 12.1. The molecule has 2 heterocycles. The number of nitrogens with zero attached hydrogens (tertiary/aromatic N) is 5. The Labute approximate surface area is 145 Å². The number of rotatable bonds is 8. The van der Waals surface area contributed by atoms with E-state index in [9.17, 15) is 4.79 Å². The Morgan fingerprint density at radius 1 is 1.28 bits per heavy atom. The van der Waals surface area contributed by atoms with Gasteiger partial charge >= 0.3 is 0 Å². The van der Waals surface area contributed by atoms with Crippen LogP contribution in [0.1, 0.15) is 21.8 Å². The van der Waals surface area contributed by atoms with Gasteiger partial charge in [0, 0.05) is 25.4 Å². The third-order valence-electron chi connectivity index (χ3n) is 3.61. The summed E-state index contributed by atoms with van der Waals surface area (Å²) in [7, 11) is 1.99. The standard InChI is InChI=1S/C17H20N6O2/c1-22(12-14-5-3-2-4-6-14)13-15-11-16(20-25-15)17(24)18-7-9-23-10-8-19-21-23/h2-6,8,10-11H,7,9,12-13H2,1H3,(H,18,24). The monoisotopic (exact) mass is 340 g/mol. The highest BCUT2D eigenvalue weighted by atomic mass is 16.5. The van der Waals surface area contributed by atoms with E-state index in [-0.39, 0.29) is 11.6 Å². The minimum Gasteiger partial charge on any atom is -0.359 e. The minimum absolute atomic E-state index is 0.263. The molecule has 0 bridgehead atoms. The van der Waals surface area contributed by atoms with E-state index in [1.54, 1.807) is 23.1 Å². The molecule has 0 aliphatic heterocycles. The van der Waals surface area contributed by atoms with Crippen LogP contribution in [0.4, 0.5) is 0 Å². The van der Waals surface area contributed by atoms with Crippen LogP contribution in [-0.4, -0.2) is 44.6 Å². The first-order chi connectivity index (χ1) is 12.2. The van der Waals surface area contributed by atoms with Crippen molar-refractivity contribution >= 4 is 5.91 Å². The van der Waals surface area contributed by atoms with Crippen molar-refractivity contribution in [3.63, 3.8) is 0 Å². The van der Waals surface area contributed by atoms with Crippen molar-refractivity contribution in [1.29, 1.82) is 0 Å². The zero-order chi connectivity index (χ0) is 17.5. The fourth-order valence-electron chi connectivity index (χ4n) is 2.44. The molecule has 1 amide bonds. The summed E-state index contributed by atoms with van der Waals surface area (Å²) < 4.78 is 6.91. The van der Waals surface area contributed by atoms with Crippen molar-refractivity contribution in [3.8, 4) is 0 Å². The molecule has 2 aromatic heterocycles. The van der Waals surface area contributed by atoms with Gasteiger partial charge in [-0.05, 0) is 12.6 Å². The largest absolute Gasteiger partial charge is 0.359 e. The molecule has 3 aromatic rings. The number of nitrogens with one attached hydrogen (secondary N) is 1. The summed E-state index contributed by atoms with van der Waals surface area (Å²) in [6.45, 7) is 2.36. The van der Waals surface area contributed by atoms with Crippen LogP contribution in [0.2, 0.25) is 0 Å². The Hall–Kier alpha value is -3.00. The van der Waals surface area contributed by atoms with Gasteiger partial charge in [0.2, 0.25) is 0 Å². The SMILES string of the molecule is CN(Cc1ccccc1)Cc1cc(C(=O)NCCn2ccnn2)no1. The predicted molar refractivity (Wildman–Crippen MR) is 90.5 cm³/mol. The summed E-state index contributed by atoms with van der Waals surface area (Å²) in [5.41, 5.74) is 1.50. The van der Waals surface area contributed by atoms with Gasteiger partial charge in [-0.25, -0.2) is 0 Å². The predicted octanol–water partition coefficient (Wildman–Crippen LogP) is 1.33. The highest BCUT2D eigenvalue weighted by Gasteiger charge is 2.13. The second kappa shape index (κ2) is 8.20. The third-order valence-corrected chi connectivity index (χ3v) is 3.61. The van der Waals surface area contributed by atoms with E-state index in [1.807, 2.05) is 25.2 Å². The molecule has 0 atom stereocenters. The Morgan fingerprint density at radius 2 is 2.12 bits per heavy atom. The van der Waals surface area contributed by atoms with Crippen molar-refractivity contribution < 1.29 is 9.32 Å². The fourth-order valence-corrected chi connectivity index (χ4v) is 2.44. The first kappa shape index (κ1) is 16.8. The van der Waals surface area contributed by atoms with Crippen molar-refractivity contribution in [2.24, 2.45) is 0 Å². The second-order valence-corrected chi connectivity index (χ2v) is 5.76. The molecule has 3 rings (SSSR count). The molecule has 0 saturated carbocycles. The first-order valence-electron chi connectivity index (χ1n) is 8.01. The lowest BCUT2D eigenvalue weighted by molar-refractivity contribution is 0.0942. The van der Waals surface area contributed by atoms with Gasteiger partial charge in [-0.3, -0.25) is 14.4 Å². The quantitative estimate of drug-likeness (QED) is 0.665. The number of hydrogen-bond acceptors (Lipinski definition) is 6. The molecule has 8 nitrogen and oxygen atoms in total. The first-order valence-corrected chi connectivity index (χ1v) is 8.01. The molecule has 0 aliphatic carbocycles. The Bertz CT molecular complexity index is 785. The van der Waals surface area contributed by atoms with Crippen LogP contribution in [0.15, 0.2) is 53.3 Å². The zero-order valence-corrected chi connectivity index (χ0v) is 14.0. The van der Waals surface area contributed by atoms with Crippen LogP contribution >= 0.6 is 0 Å². The number of carbonyl (C=O) groups excluding carboxylic acids is 1. The third kappa shape index (κ3) is 4.98. The molecular formula is C17H20N6O2. The van der Waals surface area contributed by atoms with Gasteiger partial charge < -0.3 is 9.84 Å². The highest BCUT2D eigenvalue weighted by molar-refractivity contribution is 5.92. The second-order valence-electron chi connectivity index (χ2n) is 5.76. The number of hydrogen-bond donors (Lipinski definition) is 1. The number of aromatic nitrogens is 4. The lowest BCUT2D eigenvalue weighted by Crippen LogP contribution is -2.27. The molecule has 0 radical (unpaired) electrons. The van der Waals surface area contributed by atoms with Crippen molar-refractivity contribution in [3.05, 3.63) is 65.8 Å². The Kier molecular flexibility index (Phi) is 5.53. The average Bonchev–Trinajstić information content (AvgIpc) is 3.27. The highest BCUT2D eigenvalue weighted by Crippen LogP contribution is 2.09. The number of amides is 1. The topological polar surface area (TPSA) is 89.1 Å². The molecule has 0 fully saturated rings. The lowest BCUT2D eigenvalue weighted by Gasteiger charge is -2.14. The summed E-state index contributed by atoms with van der Waals surface area (Å²) >= 11 is 0. The number of carbonyl (C=O) groups is 1. The van der Waals surface area contributed by atoms with Gasteiger partial charge in [0.25, 0.3) is 5.91 Å². The van der Waals surface area contributed by atoms with Gasteiger partial charge in [0.1, 0.15) is 0 Å². The van der Waals surface area contributed by atoms with Gasteiger partial charge in [-0.2, -0.15) is 0 Å². The molecule has 0 spiro atoms. The van der Waals surface area contributed by atoms with Crippen LogP contribution in [0.25, 0.3) is 0 Å². The Balaban J connectivity index is 1.47. The van der Waals surface area contributed by atoms with Crippen molar-refractivity contribution in [1.82, 2.24) is 30.4 Å². The molecular weight excluding hydrogens is 320 g/mol.